The average Bonchev–Trinajstić information content (AvgIpc) is 3.41. The molecule has 1 fully saturated rings. The zero-order valence-electron chi connectivity index (χ0n) is 16.5. The first-order valence-corrected chi connectivity index (χ1v) is 10.2. The predicted octanol–water partition coefficient (Wildman–Crippen LogP) is 4.51. The summed E-state index contributed by atoms with van der Waals surface area (Å²) in [4.78, 5) is 12.8. The molecule has 0 spiro atoms. The summed E-state index contributed by atoms with van der Waals surface area (Å²) >= 11 is 0. The van der Waals surface area contributed by atoms with E-state index in [1.54, 1.807) is 18.3 Å². The van der Waals surface area contributed by atoms with Crippen molar-refractivity contribution >= 4 is 22.5 Å². The molecule has 7 nitrogen and oxygen atoms in total. The Labute approximate surface area is 173 Å². The van der Waals surface area contributed by atoms with E-state index < -0.39 is 0 Å². The van der Waals surface area contributed by atoms with Gasteiger partial charge in [-0.25, -0.2) is 0 Å². The van der Waals surface area contributed by atoms with Crippen LogP contribution in [-0.2, 0) is 11.3 Å². The Balaban J connectivity index is 1.33. The highest BCUT2D eigenvalue weighted by atomic mass is 16.5. The highest BCUT2D eigenvalue weighted by molar-refractivity contribution is 6.07. The molecule has 1 aliphatic rings. The largest absolute Gasteiger partial charge is 0.376 e. The summed E-state index contributed by atoms with van der Waals surface area (Å²) < 4.78 is 13.1. The van der Waals surface area contributed by atoms with Crippen LogP contribution in [0.15, 0.2) is 65.4 Å². The number of rotatable bonds is 5. The number of aromatic nitrogens is 3. The maximum absolute atomic E-state index is 12.8. The summed E-state index contributed by atoms with van der Waals surface area (Å²) in [5.41, 5.74) is 2.82. The number of amides is 1. The standard InChI is InChI=1S/C23H22N4O3/c28-23(25-18-13-24-27(14-18)15-19-8-4-5-11-29-19)17-9-10-21-20(12-17)22(30-26-21)16-6-2-1-3-7-16/h1-3,6-7,9-10,12-14,19H,4-5,8,11,15H2,(H,25,28)/t19-/m1/s1. The number of carbonyl (C=O) groups excluding carboxylic acids is 1. The fraction of sp³-hybridized carbons (Fsp3) is 0.261. The van der Waals surface area contributed by atoms with Crippen molar-refractivity contribution in [1.29, 1.82) is 0 Å². The van der Waals surface area contributed by atoms with E-state index in [9.17, 15) is 4.79 Å². The van der Waals surface area contributed by atoms with Crippen LogP contribution in [0.4, 0.5) is 5.69 Å². The van der Waals surface area contributed by atoms with Crippen molar-refractivity contribution in [3.63, 3.8) is 0 Å². The number of hydrogen-bond donors (Lipinski definition) is 1. The number of anilines is 1. The van der Waals surface area contributed by atoms with E-state index in [-0.39, 0.29) is 12.0 Å². The van der Waals surface area contributed by atoms with Crippen molar-refractivity contribution < 1.29 is 14.1 Å². The van der Waals surface area contributed by atoms with E-state index >= 15 is 0 Å². The maximum Gasteiger partial charge on any atom is 0.255 e. The van der Waals surface area contributed by atoms with Gasteiger partial charge in [0.05, 0.1) is 29.9 Å². The van der Waals surface area contributed by atoms with E-state index in [2.05, 4.69) is 15.6 Å². The number of nitrogens with zero attached hydrogens (tertiary/aromatic N) is 3. The van der Waals surface area contributed by atoms with E-state index in [0.717, 1.165) is 30.4 Å². The lowest BCUT2D eigenvalue weighted by atomic mass is 10.1. The number of benzene rings is 2. The summed E-state index contributed by atoms with van der Waals surface area (Å²) in [5, 5.41) is 12.2. The predicted molar refractivity (Wildman–Crippen MR) is 113 cm³/mol. The van der Waals surface area contributed by atoms with Gasteiger partial charge in [-0.3, -0.25) is 9.48 Å². The zero-order valence-corrected chi connectivity index (χ0v) is 16.5. The van der Waals surface area contributed by atoms with E-state index in [0.29, 0.717) is 29.1 Å². The van der Waals surface area contributed by atoms with Crippen LogP contribution in [0.25, 0.3) is 22.2 Å². The lowest BCUT2D eigenvalue weighted by molar-refractivity contribution is 0.00400. The molecule has 7 heteroatoms. The Hall–Kier alpha value is -3.45. The lowest BCUT2D eigenvalue weighted by Crippen LogP contribution is -2.24. The SMILES string of the molecule is O=C(Nc1cnn(C[C@H]2CCCCO2)c1)c1ccc2noc(-c3ccccc3)c2c1. The summed E-state index contributed by atoms with van der Waals surface area (Å²) in [6, 6.07) is 15.1. The van der Waals surface area contributed by atoms with Crippen LogP contribution in [0, 0.1) is 0 Å². The Morgan fingerprint density at radius 2 is 2.07 bits per heavy atom. The molecule has 2 aromatic carbocycles. The van der Waals surface area contributed by atoms with Crippen molar-refractivity contribution in [1.82, 2.24) is 14.9 Å². The molecular formula is C23H22N4O3. The van der Waals surface area contributed by atoms with Gasteiger partial charge >= 0.3 is 0 Å². The third-order valence-corrected chi connectivity index (χ3v) is 5.33. The number of fused-ring (bicyclic) bond motifs is 1. The highest BCUT2D eigenvalue weighted by Gasteiger charge is 2.17. The Bertz CT molecular complexity index is 1160. The molecule has 1 N–H and O–H groups in total. The summed E-state index contributed by atoms with van der Waals surface area (Å²) in [5.74, 6) is 0.450. The van der Waals surface area contributed by atoms with Crippen molar-refractivity contribution in [3.05, 3.63) is 66.5 Å². The van der Waals surface area contributed by atoms with Gasteiger partial charge in [0.25, 0.3) is 5.91 Å². The van der Waals surface area contributed by atoms with Crippen LogP contribution in [0.2, 0.25) is 0 Å². The highest BCUT2D eigenvalue weighted by Crippen LogP contribution is 2.29. The molecule has 2 aromatic heterocycles. The van der Waals surface area contributed by atoms with Gasteiger partial charge in [0.2, 0.25) is 0 Å². The second-order valence-corrected chi connectivity index (χ2v) is 7.50. The number of hydrogen-bond acceptors (Lipinski definition) is 5. The summed E-state index contributed by atoms with van der Waals surface area (Å²) in [7, 11) is 0. The van der Waals surface area contributed by atoms with Crippen molar-refractivity contribution in [2.75, 3.05) is 11.9 Å². The average molecular weight is 402 g/mol. The van der Waals surface area contributed by atoms with E-state index in [1.807, 2.05) is 47.3 Å². The first-order valence-electron chi connectivity index (χ1n) is 10.2. The Kier molecular flexibility index (Phi) is 5.03. The van der Waals surface area contributed by atoms with E-state index in [1.165, 1.54) is 6.42 Å². The van der Waals surface area contributed by atoms with Crippen LogP contribution < -0.4 is 5.32 Å². The molecule has 4 aromatic rings. The minimum atomic E-state index is -0.203. The first kappa shape index (κ1) is 18.6. The van der Waals surface area contributed by atoms with Gasteiger partial charge in [0, 0.05) is 23.9 Å². The number of ether oxygens (including phenoxy) is 1. The molecule has 152 valence electrons. The van der Waals surface area contributed by atoms with Gasteiger partial charge in [-0.2, -0.15) is 5.10 Å². The summed E-state index contributed by atoms with van der Waals surface area (Å²) in [6.07, 6.45) is 7.04. The Morgan fingerprint density at radius 1 is 1.17 bits per heavy atom. The zero-order chi connectivity index (χ0) is 20.3. The van der Waals surface area contributed by atoms with Gasteiger partial charge < -0.3 is 14.6 Å². The molecule has 0 bridgehead atoms. The van der Waals surface area contributed by atoms with Crippen molar-refractivity contribution in [2.24, 2.45) is 0 Å². The van der Waals surface area contributed by atoms with Crippen LogP contribution in [-0.4, -0.2) is 33.6 Å². The molecule has 1 aliphatic heterocycles. The van der Waals surface area contributed by atoms with Crippen LogP contribution in [0.1, 0.15) is 29.6 Å². The molecule has 0 saturated carbocycles. The van der Waals surface area contributed by atoms with Crippen LogP contribution in [0.3, 0.4) is 0 Å². The third kappa shape index (κ3) is 3.84. The van der Waals surface area contributed by atoms with E-state index in [4.69, 9.17) is 9.26 Å². The quantitative estimate of drug-likeness (QED) is 0.531. The Morgan fingerprint density at radius 3 is 2.90 bits per heavy atom. The molecule has 0 unspecified atom stereocenters. The molecule has 0 radical (unpaired) electrons. The van der Waals surface area contributed by atoms with Crippen molar-refractivity contribution in [2.45, 2.75) is 31.9 Å². The minimum Gasteiger partial charge on any atom is -0.376 e. The van der Waals surface area contributed by atoms with Gasteiger partial charge in [-0.15, -0.1) is 0 Å². The smallest absolute Gasteiger partial charge is 0.255 e. The maximum atomic E-state index is 12.8. The molecule has 5 rings (SSSR count). The molecule has 1 saturated heterocycles. The number of carbonyl (C=O) groups is 1. The fourth-order valence-electron chi connectivity index (χ4n) is 3.77. The summed E-state index contributed by atoms with van der Waals surface area (Å²) in [6.45, 7) is 1.51. The third-order valence-electron chi connectivity index (χ3n) is 5.33. The second kappa shape index (κ2) is 8.12. The molecule has 0 aliphatic carbocycles. The molecule has 30 heavy (non-hydrogen) atoms. The molecule has 1 amide bonds. The lowest BCUT2D eigenvalue weighted by Gasteiger charge is -2.22. The normalized spacial score (nSPS) is 16.6. The minimum absolute atomic E-state index is 0.189. The second-order valence-electron chi connectivity index (χ2n) is 7.50. The van der Waals surface area contributed by atoms with Gasteiger partial charge in [-0.1, -0.05) is 35.5 Å². The molecular weight excluding hydrogens is 380 g/mol. The molecule has 3 heterocycles. The fourth-order valence-corrected chi connectivity index (χ4v) is 3.77. The molecule has 1 atom stereocenters. The monoisotopic (exact) mass is 402 g/mol. The number of nitrogens with one attached hydrogen (secondary N) is 1. The van der Waals surface area contributed by atoms with Crippen LogP contribution >= 0.6 is 0 Å². The van der Waals surface area contributed by atoms with Gasteiger partial charge in [0.15, 0.2) is 5.76 Å². The topological polar surface area (TPSA) is 82.2 Å². The van der Waals surface area contributed by atoms with Crippen LogP contribution in [0.5, 0.6) is 0 Å². The first-order chi connectivity index (χ1) is 14.8. The van der Waals surface area contributed by atoms with Gasteiger partial charge in [-0.05, 0) is 37.5 Å². The van der Waals surface area contributed by atoms with Gasteiger partial charge in [0.1, 0.15) is 5.52 Å². The van der Waals surface area contributed by atoms with Crippen molar-refractivity contribution in [3.8, 4) is 11.3 Å².